The van der Waals surface area contributed by atoms with E-state index < -0.39 is 0 Å². The molecule has 0 amide bonds. The van der Waals surface area contributed by atoms with Crippen LogP contribution in [0.2, 0.25) is 0 Å². The fraction of sp³-hybridized carbons (Fsp3) is 0.417. The monoisotopic (exact) mass is 349 g/mol. The maximum Gasteiger partial charge on any atom is 0.176 e. The van der Waals surface area contributed by atoms with E-state index in [0.717, 1.165) is 21.4 Å². The second-order valence-electron chi connectivity index (χ2n) is 3.66. The molecule has 0 unspecified atom stereocenters. The van der Waals surface area contributed by atoms with Gasteiger partial charge in [0.2, 0.25) is 0 Å². The van der Waals surface area contributed by atoms with Gasteiger partial charge in [-0.05, 0) is 48.0 Å². The van der Waals surface area contributed by atoms with Gasteiger partial charge in [0, 0.05) is 21.4 Å². The molecule has 4 heteroatoms. The van der Waals surface area contributed by atoms with Crippen LogP contribution in [0, 0.1) is 3.57 Å². The number of hydrogen-bond acceptors (Lipinski definition) is 3. The van der Waals surface area contributed by atoms with Gasteiger partial charge in [0.25, 0.3) is 0 Å². The summed E-state index contributed by atoms with van der Waals surface area (Å²) in [5.74, 6) is 1.26. The third-order valence-corrected chi connectivity index (χ3v) is 3.57. The Bertz CT molecular complexity index is 339. The summed E-state index contributed by atoms with van der Waals surface area (Å²) < 4.78 is 1.16. The van der Waals surface area contributed by atoms with Gasteiger partial charge in [0.1, 0.15) is 0 Å². The second kappa shape index (κ2) is 7.29. The van der Waals surface area contributed by atoms with Gasteiger partial charge in [-0.1, -0.05) is 12.1 Å². The van der Waals surface area contributed by atoms with E-state index in [9.17, 15) is 4.79 Å². The van der Waals surface area contributed by atoms with E-state index in [2.05, 4.69) is 33.7 Å². The molecular formula is C12H16INOS. The van der Waals surface area contributed by atoms with Crippen molar-refractivity contribution >= 4 is 40.1 Å². The van der Waals surface area contributed by atoms with E-state index in [1.807, 2.05) is 31.3 Å². The zero-order valence-electron chi connectivity index (χ0n) is 9.57. The Kier molecular flexibility index (Phi) is 6.38. The van der Waals surface area contributed by atoms with Crippen molar-refractivity contribution in [2.24, 2.45) is 0 Å². The Balaban J connectivity index is 2.48. The summed E-state index contributed by atoms with van der Waals surface area (Å²) in [6.07, 6.45) is 2.08. The first-order valence-corrected chi connectivity index (χ1v) is 7.57. The Labute approximate surface area is 115 Å². The predicted octanol–water partition coefficient (Wildman–Crippen LogP) is 2.77. The lowest BCUT2D eigenvalue weighted by Gasteiger charge is -2.14. The lowest BCUT2D eigenvalue weighted by molar-refractivity contribution is 0.0949. The molecule has 1 aromatic rings. The van der Waals surface area contributed by atoms with E-state index >= 15 is 0 Å². The summed E-state index contributed by atoms with van der Waals surface area (Å²) >= 11 is 4.04. The largest absolute Gasteiger partial charge is 0.298 e. The number of hydrogen-bond donors (Lipinski definition) is 0. The first-order chi connectivity index (χ1) is 7.63. The summed E-state index contributed by atoms with van der Waals surface area (Å²) in [5, 5.41) is 0. The molecule has 88 valence electrons. The molecule has 2 nitrogen and oxygen atoms in total. The highest BCUT2D eigenvalue weighted by molar-refractivity contribution is 14.1. The Morgan fingerprint density at radius 2 is 2.00 bits per heavy atom. The lowest BCUT2D eigenvalue weighted by Crippen LogP contribution is -2.28. The number of rotatable bonds is 6. The van der Waals surface area contributed by atoms with Crippen LogP contribution in [0.3, 0.4) is 0 Å². The van der Waals surface area contributed by atoms with E-state index in [-0.39, 0.29) is 5.78 Å². The Hall–Kier alpha value is -0.0700. The van der Waals surface area contributed by atoms with Gasteiger partial charge in [-0.15, -0.1) is 0 Å². The zero-order chi connectivity index (χ0) is 12.0. The van der Waals surface area contributed by atoms with Crippen molar-refractivity contribution in [2.45, 2.75) is 0 Å². The normalized spacial score (nSPS) is 10.8. The SMILES string of the molecule is CSCCN(C)CC(=O)c1ccc(I)cc1. The van der Waals surface area contributed by atoms with Crippen molar-refractivity contribution in [1.82, 2.24) is 4.90 Å². The van der Waals surface area contributed by atoms with E-state index in [1.54, 1.807) is 11.8 Å². The summed E-state index contributed by atoms with van der Waals surface area (Å²) in [4.78, 5) is 13.9. The van der Waals surface area contributed by atoms with Crippen LogP contribution in [0.15, 0.2) is 24.3 Å². The van der Waals surface area contributed by atoms with Crippen molar-refractivity contribution in [1.29, 1.82) is 0 Å². The summed E-state index contributed by atoms with van der Waals surface area (Å²) in [5.41, 5.74) is 0.802. The van der Waals surface area contributed by atoms with Crippen molar-refractivity contribution in [3.05, 3.63) is 33.4 Å². The van der Waals surface area contributed by atoms with Gasteiger partial charge in [0.15, 0.2) is 5.78 Å². The number of likely N-dealkylation sites (N-methyl/N-ethyl adjacent to an activating group) is 1. The smallest absolute Gasteiger partial charge is 0.176 e. The van der Waals surface area contributed by atoms with E-state index in [4.69, 9.17) is 0 Å². The average molecular weight is 349 g/mol. The van der Waals surface area contributed by atoms with Crippen LogP contribution in [0.1, 0.15) is 10.4 Å². The standard InChI is InChI=1S/C12H16INOS/c1-14(7-8-16-2)9-12(15)10-3-5-11(13)6-4-10/h3-6H,7-9H2,1-2H3. The Morgan fingerprint density at radius 1 is 1.38 bits per heavy atom. The van der Waals surface area contributed by atoms with Gasteiger partial charge >= 0.3 is 0 Å². The van der Waals surface area contributed by atoms with Crippen LogP contribution < -0.4 is 0 Å². The third-order valence-electron chi connectivity index (χ3n) is 2.26. The topological polar surface area (TPSA) is 20.3 Å². The van der Waals surface area contributed by atoms with Crippen LogP contribution in [0.25, 0.3) is 0 Å². The van der Waals surface area contributed by atoms with Crippen LogP contribution in [-0.4, -0.2) is 42.8 Å². The van der Waals surface area contributed by atoms with Gasteiger partial charge in [-0.3, -0.25) is 9.69 Å². The fourth-order valence-corrected chi connectivity index (χ4v) is 2.15. The molecule has 0 atom stereocenters. The van der Waals surface area contributed by atoms with Crippen molar-refractivity contribution < 1.29 is 4.79 Å². The molecule has 0 bridgehead atoms. The minimum absolute atomic E-state index is 0.194. The van der Waals surface area contributed by atoms with Gasteiger partial charge < -0.3 is 0 Å². The number of nitrogens with zero attached hydrogens (tertiary/aromatic N) is 1. The molecule has 16 heavy (non-hydrogen) atoms. The molecule has 0 fully saturated rings. The van der Waals surface area contributed by atoms with Crippen LogP contribution in [-0.2, 0) is 0 Å². The number of halogens is 1. The maximum atomic E-state index is 11.9. The highest BCUT2D eigenvalue weighted by Gasteiger charge is 2.08. The van der Waals surface area contributed by atoms with Gasteiger partial charge in [-0.2, -0.15) is 11.8 Å². The predicted molar refractivity (Wildman–Crippen MR) is 79.4 cm³/mol. The van der Waals surface area contributed by atoms with Crippen LogP contribution >= 0.6 is 34.4 Å². The number of thioether (sulfide) groups is 1. The minimum Gasteiger partial charge on any atom is -0.298 e. The number of benzene rings is 1. The first kappa shape index (κ1) is 14.0. The Morgan fingerprint density at radius 3 is 2.56 bits per heavy atom. The van der Waals surface area contributed by atoms with Gasteiger partial charge in [-0.25, -0.2) is 0 Å². The van der Waals surface area contributed by atoms with Crippen molar-refractivity contribution in [3.8, 4) is 0 Å². The minimum atomic E-state index is 0.194. The lowest BCUT2D eigenvalue weighted by atomic mass is 10.1. The number of carbonyl (C=O) groups is 1. The summed E-state index contributed by atoms with van der Waals surface area (Å²) in [6, 6.07) is 7.73. The van der Waals surface area contributed by atoms with Crippen molar-refractivity contribution in [2.75, 3.05) is 32.1 Å². The average Bonchev–Trinajstić information content (AvgIpc) is 2.27. The second-order valence-corrected chi connectivity index (χ2v) is 5.89. The van der Waals surface area contributed by atoms with Crippen LogP contribution in [0.5, 0.6) is 0 Å². The molecule has 1 aromatic carbocycles. The molecule has 0 N–H and O–H groups in total. The molecule has 0 aliphatic carbocycles. The van der Waals surface area contributed by atoms with Crippen LogP contribution in [0.4, 0.5) is 0 Å². The van der Waals surface area contributed by atoms with E-state index in [1.165, 1.54) is 0 Å². The molecule has 0 aliphatic heterocycles. The number of carbonyl (C=O) groups excluding carboxylic acids is 1. The third kappa shape index (κ3) is 4.84. The molecule has 0 heterocycles. The first-order valence-electron chi connectivity index (χ1n) is 5.09. The molecule has 0 radical (unpaired) electrons. The quantitative estimate of drug-likeness (QED) is 0.582. The number of ketones is 1. The molecular weight excluding hydrogens is 333 g/mol. The number of Topliss-reactive ketones (excluding diaryl/α,β-unsaturated/α-hetero) is 1. The molecule has 0 spiro atoms. The highest BCUT2D eigenvalue weighted by atomic mass is 127. The summed E-state index contributed by atoms with van der Waals surface area (Å²) in [7, 11) is 1.99. The fourth-order valence-electron chi connectivity index (χ4n) is 1.30. The molecule has 0 aromatic heterocycles. The molecule has 0 saturated heterocycles. The molecule has 1 rings (SSSR count). The maximum absolute atomic E-state index is 11.9. The molecule has 0 saturated carbocycles. The molecule has 0 aliphatic rings. The summed E-state index contributed by atoms with van der Waals surface area (Å²) in [6.45, 7) is 1.46. The van der Waals surface area contributed by atoms with E-state index in [0.29, 0.717) is 6.54 Å². The highest BCUT2D eigenvalue weighted by Crippen LogP contribution is 2.08. The zero-order valence-corrected chi connectivity index (χ0v) is 12.5. The van der Waals surface area contributed by atoms with Crippen molar-refractivity contribution in [3.63, 3.8) is 0 Å². The van der Waals surface area contributed by atoms with Gasteiger partial charge in [0.05, 0.1) is 6.54 Å².